The Kier molecular flexibility index (Phi) is 8.25. The average molecular weight is 565 g/mol. The number of carbonyl (C=O) groups excluding carboxylic acids is 2. The van der Waals surface area contributed by atoms with Gasteiger partial charge in [0.25, 0.3) is 0 Å². The second kappa shape index (κ2) is 11.7. The van der Waals surface area contributed by atoms with Crippen LogP contribution in [0, 0.1) is 30.1 Å². The first-order valence-electron chi connectivity index (χ1n) is 14.6. The minimum atomic E-state index is -1.07. The summed E-state index contributed by atoms with van der Waals surface area (Å²) in [6, 6.07) is 5.52. The summed E-state index contributed by atoms with van der Waals surface area (Å²) in [5.74, 6) is -0.764. The molecule has 5 atom stereocenters. The fourth-order valence-electron chi connectivity index (χ4n) is 6.61. The van der Waals surface area contributed by atoms with Crippen molar-refractivity contribution in [3.8, 4) is 17.4 Å². The first-order chi connectivity index (χ1) is 19.7. The third-order valence-corrected chi connectivity index (χ3v) is 9.09. The van der Waals surface area contributed by atoms with E-state index in [0.717, 1.165) is 30.2 Å². The van der Waals surface area contributed by atoms with Crippen LogP contribution in [-0.4, -0.2) is 66.1 Å². The molecule has 1 amide bonds. The van der Waals surface area contributed by atoms with Gasteiger partial charge in [-0.15, -0.1) is 0 Å². The van der Waals surface area contributed by atoms with Gasteiger partial charge in [-0.3, -0.25) is 14.4 Å². The van der Waals surface area contributed by atoms with Crippen molar-refractivity contribution in [3.05, 3.63) is 35.9 Å². The van der Waals surface area contributed by atoms with E-state index in [-0.39, 0.29) is 24.0 Å². The molecule has 0 saturated heterocycles. The Morgan fingerprint density at radius 1 is 1.17 bits per heavy atom. The number of aromatic nitrogens is 1. The van der Waals surface area contributed by atoms with Crippen molar-refractivity contribution in [1.82, 2.24) is 9.88 Å². The first-order valence-corrected chi connectivity index (χ1v) is 14.6. The number of methoxy groups -OCH3 is 1. The number of benzene rings is 1. The molecule has 9 heteroatoms. The fraction of sp³-hybridized carbons (Fsp3) is 0.562. The van der Waals surface area contributed by atoms with Crippen LogP contribution in [0.15, 0.2) is 30.4 Å². The predicted octanol–water partition coefficient (Wildman–Crippen LogP) is 4.97. The summed E-state index contributed by atoms with van der Waals surface area (Å²) in [7, 11) is 3.40. The standard InChI is InChI=1S/C32H40N2O7/c1-5-40-28-16-27(22-11-12-26(39-4)19(2)29(22)33-28)41-21-14-23-24(15-21)30(36)34(3)13-9-7-6-8-10-20-17-32(20,31(37)38)18-25(23)35/h8,10-12,16,20-21,23-24H,5-7,9,13-15,17-18H2,1-4H3,(H,37,38)/b10-8-/t20-,21+,23+,24+,32+/m0/s1. The molecule has 1 aromatic heterocycles. The Bertz CT molecular complexity index is 1370. The van der Waals surface area contributed by atoms with Gasteiger partial charge in [0.2, 0.25) is 11.8 Å². The van der Waals surface area contributed by atoms with Gasteiger partial charge < -0.3 is 24.2 Å². The molecule has 3 aliphatic rings. The fourth-order valence-corrected chi connectivity index (χ4v) is 6.61. The molecule has 0 unspecified atom stereocenters. The number of carboxylic acids is 1. The Morgan fingerprint density at radius 3 is 2.68 bits per heavy atom. The zero-order chi connectivity index (χ0) is 29.3. The number of Topliss-reactive ketones (excluding diaryl/α,β-unsaturated/α-hetero) is 1. The second-order valence-electron chi connectivity index (χ2n) is 11.7. The van der Waals surface area contributed by atoms with Gasteiger partial charge in [0, 0.05) is 42.9 Å². The van der Waals surface area contributed by atoms with E-state index in [0.29, 0.717) is 55.3 Å². The third kappa shape index (κ3) is 5.63. The van der Waals surface area contributed by atoms with Crippen LogP contribution in [0.5, 0.6) is 17.4 Å². The summed E-state index contributed by atoms with van der Waals surface area (Å²) >= 11 is 0. The van der Waals surface area contributed by atoms with Crippen LogP contribution in [0.1, 0.15) is 57.4 Å². The number of aryl methyl sites for hydroxylation is 1. The number of aliphatic carboxylic acids is 1. The molecule has 2 heterocycles. The van der Waals surface area contributed by atoms with Gasteiger partial charge in [0.15, 0.2) is 0 Å². The summed E-state index contributed by atoms with van der Waals surface area (Å²) in [6.07, 6.45) is 7.33. The monoisotopic (exact) mass is 564 g/mol. The molecular weight excluding hydrogens is 524 g/mol. The number of pyridine rings is 1. The number of carboxylic acid groups (broad SMARTS) is 1. The van der Waals surface area contributed by atoms with Crippen molar-refractivity contribution in [3.63, 3.8) is 0 Å². The van der Waals surface area contributed by atoms with E-state index in [4.69, 9.17) is 14.2 Å². The lowest BCUT2D eigenvalue weighted by Crippen LogP contribution is -2.38. The highest BCUT2D eigenvalue weighted by Crippen LogP contribution is 2.57. The van der Waals surface area contributed by atoms with Crippen LogP contribution in [0.25, 0.3) is 10.9 Å². The number of allylic oxidation sites excluding steroid dienone is 2. The summed E-state index contributed by atoms with van der Waals surface area (Å²) < 4.78 is 17.8. The quantitative estimate of drug-likeness (QED) is 0.489. The van der Waals surface area contributed by atoms with E-state index in [9.17, 15) is 19.5 Å². The third-order valence-electron chi connectivity index (χ3n) is 9.09. The lowest BCUT2D eigenvalue weighted by atomic mass is 9.84. The highest BCUT2D eigenvalue weighted by molar-refractivity contribution is 5.94. The van der Waals surface area contributed by atoms with Gasteiger partial charge in [-0.2, -0.15) is 0 Å². The highest BCUT2D eigenvalue weighted by Gasteiger charge is 2.61. The van der Waals surface area contributed by atoms with Gasteiger partial charge in [0.05, 0.1) is 30.6 Å². The number of nitrogens with zero attached hydrogens (tertiary/aromatic N) is 2. The number of amides is 1. The number of rotatable bonds is 6. The summed E-state index contributed by atoms with van der Waals surface area (Å²) in [5.41, 5.74) is 0.486. The molecule has 1 N–H and O–H groups in total. The zero-order valence-corrected chi connectivity index (χ0v) is 24.4. The average Bonchev–Trinajstić information content (AvgIpc) is 3.48. The number of ether oxygens (including phenoxy) is 3. The largest absolute Gasteiger partial charge is 0.496 e. The van der Waals surface area contributed by atoms with E-state index in [1.54, 1.807) is 25.1 Å². The van der Waals surface area contributed by atoms with Crippen molar-refractivity contribution >= 4 is 28.6 Å². The Hall–Kier alpha value is -3.62. The van der Waals surface area contributed by atoms with Gasteiger partial charge in [-0.1, -0.05) is 12.2 Å². The maximum absolute atomic E-state index is 13.8. The summed E-state index contributed by atoms with van der Waals surface area (Å²) in [4.78, 5) is 46.1. The van der Waals surface area contributed by atoms with Crippen molar-refractivity contribution in [2.24, 2.45) is 23.2 Å². The summed E-state index contributed by atoms with van der Waals surface area (Å²) in [6.45, 7) is 4.87. The minimum absolute atomic E-state index is 0.0616. The molecule has 2 fully saturated rings. The molecule has 220 valence electrons. The van der Waals surface area contributed by atoms with Crippen LogP contribution in [0.3, 0.4) is 0 Å². The van der Waals surface area contributed by atoms with Crippen LogP contribution >= 0.6 is 0 Å². The number of fused-ring (bicyclic) bond motifs is 3. The Morgan fingerprint density at radius 2 is 1.95 bits per heavy atom. The van der Waals surface area contributed by atoms with Crippen LogP contribution < -0.4 is 14.2 Å². The number of carbonyl (C=O) groups is 3. The molecule has 5 rings (SSSR count). The lowest BCUT2D eigenvalue weighted by molar-refractivity contribution is -0.147. The molecule has 1 aliphatic heterocycles. The normalized spacial score (nSPS) is 29.3. The zero-order valence-electron chi connectivity index (χ0n) is 24.4. The van der Waals surface area contributed by atoms with Gasteiger partial charge >= 0.3 is 5.97 Å². The highest BCUT2D eigenvalue weighted by atomic mass is 16.5. The number of ketones is 1. The molecule has 2 aliphatic carbocycles. The van der Waals surface area contributed by atoms with Crippen LogP contribution in [0.2, 0.25) is 0 Å². The van der Waals surface area contributed by atoms with Crippen molar-refractivity contribution < 1.29 is 33.7 Å². The van der Waals surface area contributed by atoms with E-state index in [2.05, 4.69) is 4.98 Å². The molecule has 1 aromatic carbocycles. The van der Waals surface area contributed by atoms with E-state index in [1.165, 1.54) is 0 Å². The van der Waals surface area contributed by atoms with E-state index < -0.39 is 29.3 Å². The maximum Gasteiger partial charge on any atom is 0.310 e. The molecule has 0 bridgehead atoms. The van der Waals surface area contributed by atoms with Crippen molar-refractivity contribution in [2.45, 2.75) is 64.9 Å². The van der Waals surface area contributed by atoms with Crippen molar-refractivity contribution in [2.75, 3.05) is 27.3 Å². The first kappa shape index (κ1) is 28.9. The molecule has 9 nitrogen and oxygen atoms in total. The topological polar surface area (TPSA) is 115 Å². The molecular formula is C32H40N2O7. The smallest absolute Gasteiger partial charge is 0.310 e. The van der Waals surface area contributed by atoms with E-state index in [1.807, 2.05) is 38.1 Å². The molecule has 2 saturated carbocycles. The van der Waals surface area contributed by atoms with Gasteiger partial charge in [-0.25, -0.2) is 4.98 Å². The van der Waals surface area contributed by atoms with Crippen LogP contribution in [0.4, 0.5) is 0 Å². The van der Waals surface area contributed by atoms with Crippen LogP contribution in [-0.2, 0) is 14.4 Å². The maximum atomic E-state index is 13.8. The summed E-state index contributed by atoms with van der Waals surface area (Å²) in [5, 5.41) is 10.9. The minimum Gasteiger partial charge on any atom is -0.496 e. The predicted molar refractivity (Wildman–Crippen MR) is 153 cm³/mol. The number of hydrogen-bond acceptors (Lipinski definition) is 7. The molecule has 2 aromatic rings. The van der Waals surface area contributed by atoms with Gasteiger partial charge in [0.1, 0.15) is 23.4 Å². The SMILES string of the molecule is CCOc1cc(O[C@@H]2C[C@H]3C(=O)C[C@]4(C(=O)O)C[C@@H]4/C=C\CCCCN(C)C(=O)[C@@H]3C2)c2ccc(OC)c(C)c2n1. The van der Waals surface area contributed by atoms with E-state index >= 15 is 0 Å². The second-order valence-corrected chi connectivity index (χ2v) is 11.7. The molecule has 0 spiro atoms. The van der Waals surface area contributed by atoms with Gasteiger partial charge in [-0.05, 0) is 70.4 Å². The lowest BCUT2D eigenvalue weighted by Gasteiger charge is -2.25. The Labute approximate surface area is 240 Å². The molecule has 0 radical (unpaired) electrons. The van der Waals surface area contributed by atoms with Crippen molar-refractivity contribution in [1.29, 1.82) is 0 Å². The molecule has 41 heavy (non-hydrogen) atoms. The Balaban J connectivity index is 1.46. The number of hydrogen-bond donors (Lipinski definition) is 1.